The van der Waals surface area contributed by atoms with Gasteiger partial charge in [0.05, 0.1) is 0 Å². The highest BCUT2D eigenvalue weighted by Crippen LogP contribution is 2.38. The minimum atomic E-state index is 0.200. The molecule has 3 N–H and O–H groups in total. The number of hydrogen-bond donors (Lipinski definition) is 3. The van der Waals surface area contributed by atoms with E-state index in [9.17, 15) is 5.11 Å². The maximum atomic E-state index is 9.77. The molecule has 3 unspecified atom stereocenters. The van der Waals surface area contributed by atoms with Crippen molar-refractivity contribution in [2.45, 2.75) is 76.3 Å². The van der Waals surface area contributed by atoms with Crippen molar-refractivity contribution in [3.05, 3.63) is 0 Å². The Bertz CT molecular complexity index is 295. The molecule has 3 fully saturated rings. The van der Waals surface area contributed by atoms with Crippen molar-refractivity contribution in [1.29, 1.82) is 0 Å². The molecule has 1 heterocycles. The van der Waals surface area contributed by atoms with Crippen LogP contribution in [0.1, 0.15) is 64.2 Å². The minimum absolute atomic E-state index is 0.200. The van der Waals surface area contributed by atoms with Gasteiger partial charge in [-0.2, -0.15) is 0 Å². The highest BCUT2D eigenvalue weighted by Gasteiger charge is 2.37. The monoisotopic (exact) mass is 280 g/mol. The normalized spacial score (nSPS) is 37.4. The molecule has 0 aromatic rings. The summed E-state index contributed by atoms with van der Waals surface area (Å²) in [6.07, 6.45) is 13.3. The third kappa shape index (κ3) is 3.20. The molecular formula is C17H32N2O. The summed E-state index contributed by atoms with van der Waals surface area (Å²) in [4.78, 5) is 0. The predicted octanol–water partition coefficient (Wildman–Crippen LogP) is 2.44. The third-order valence-corrected chi connectivity index (χ3v) is 6.17. The SMILES string of the molecule is OCC1(CNC2CCCCC2C2CCCN2)CCCC1. The fourth-order valence-corrected chi connectivity index (χ4v) is 4.83. The van der Waals surface area contributed by atoms with Gasteiger partial charge in [-0.25, -0.2) is 0 Å². The molecule has 3 aliphatic rings. The van der Waals surface area contributed by atoms with Gasteiger partial charge in [-0.05, 0) is 51.0 Å². The molecule has 3 nitrogen and oxygen atoms in total. The summed E-state index contributed by atoms with van der Waals surface area (Å²) in [5.41, 5.74) is 0.200. The molecule has 20 heavy (non-hydrogen) atoms. The van der Waals surface area contributed by atoms with Gasteiger partial charge in [-0.1, -0.05) is 25.7 Å². The van der Waals surface area contributed by atoms with Crippen LogP contribution >= 0.6 is 0 Å². The quantitative estimate of drug-likeness (QED) is 0.725. The van der Waals surface area contributed by atoms with Crippen LogP contribution in [0.25, 0.3) is 0 Å². The van der Waals surface area contributed by atoms with E-state index in [1.54, 1.807) is 0 Å². The molecular weight excluding hydrogens is 248 g/mol. The summed E-state index contributed by atoms with van der Waals surface area (Å²) in [6.45, 7) is 2.63. The van der Waals surface area contributed by atoms with Gasteiger partial charge in [0, 0.05) is 30.7 Å². The Morgan fingerprint density at radius 2 is 1.80 bits per heavy atom. The lowest BCUT2D eigenvalue weighted by atomic mass is 9.78. The molecule has 0 aromatic carbocycles. The Hall–Kier alpha value is -0.120. The van der Waals surface area contributed by atoms with Crippen molar-refractivity contribution >= 4 is 0 Å². The van der Waals surface area contributed by atoms with Crippen molar-refractivity contribution in [3.63, 3.8) is 0 Å². The summed E-state index contributed by atoms with van der Waals surface area (Å²) in [7, 11) is 0. The number of aliphatic hydroxyl groups excluding tert-OH is 1. The topological polar surface area (TPSA) is 44.3 Å². The Balaban J connectivity index is 1.56. The lowest BCUT2D eigenvalue weighted by molar-refractivity contribution is 0.112. The number of nitrogens with one attached hydrogen (secondary N) is 2. The van der Waals surface area contributed by atoms with Gasteiger partial charge >= 0.3 is 0 Å². The Morgan fingerprint density at radius 1 is 1.00 bits per heavy atom. The summed E-state index contributed by atoms with van der Waals surface area (Å²) in [5.74, 6) is 0.823. The Kier molecular flexibility index (Phi) is 5.00. The fraction of sp³-hybridized carbons (Fsp3) is 1.00. The first-order valence-corrected chi connectivity index (χ1v) is 8.91. The maximum absolute atomic E-state index is 9.77. The van der Waals surface area contributed by atoms with Crippen LogP contribution in [0.4, 0.5) is 0 Å². The highest BCUT2D eigenvalue weighted by molar-refractivity contribution is 4.94. The number of rotatable bonds is 5. The van der Waals surface area contributed by atoms with E-state index in [2.05, 4.69) is 10.6 Å². The summed E-state index contributed by atoms with van der Waals surface area (Å²) >= 11 is 0. The van der Waals surface area contributed by atoms with Gasteiger partial charge in [0.15, 0.2) is 0 Å². The summed E-state index contributed by atoms with van der Waals surface area (Å²) < 4.78 is 0. The lowest BCUT2D eigenvalue weighted by Gasteiger charge is -2.39. The first kappa shape index (κ1) is 14.8. The van der Waals surface area contributed by atoms with Crippen LogP contribution in [0.3, 0.4) is 0 Å². The van der Waals surface area contributed by atoms with E-state index < -0.39 is 0 Å². The Morgan fingerprint density at radius 3 is 2.50 bits per heavy atom. The fourth-order valence-electron chi connectivity index (χ4n) is 4.83. The zero-order chi connectivity index (χ0) is 13.8. The van der Waals surface area contributed by atoms with Gasteiger partial charge in [-0.3, -0.25) is 0 Å². The standard InChI is InChI=1S/C17H32N2O/c20-13-17(9-3-4-10-17)12-19-16-7-2-1-6-14(16)15-8-5-11-18-15/h14-16,18-20H,1-13H2. The molecule has 2 saturated carbocycles. The van der Waals surface area contributed by atoms with Gasteiger partial charge in [0.1, 0.15) is 0 Å². The van der Waals surface area contributed by atoms with Crippen LogP contribution in [0.15, 0.2) is 0 Å². The minimum Gasteiger partial charge on any atom is -0.396 e. The molecule has 1 saturated heterocycles. The average molecular weight is 280 g/mol. The van der Waals surface area contributed by atoms with Gasteiger partial charge in [0.2, 0.25) is 0 Å². The predicted molar refractivity (Wildman–Crippen MR) is 82.8 cm³/mol. The first-order valence-electron chi connectivity index (χ1n) is 8.91. The molecule has 3 heteroatoms. The van der Waals surface area contributed by atoms with Crippen LogP contribution < -0.4 is 10.6 Å². The maximum Gasteiger partial charge on any atom is 0.0499 e. The molecule has 2 aliphatic carbocycles. The van der Waals surface area contributed by atoms with Crippen molar-refractivity contribution < 1.29 is 5.11 Å². The second-order valence-electron chi connectivity index (χ2n) is 7.50. The molecule has 0 aromatic heterocycles. The molecule has 3 atom stereocenters. The second kappa shape index (κ2) is 6.76. The third-order valence-electron chi connectivity index (χ3n) is 6.17. The van der Waals surface area contributed by atoms with E-state index >= 15 is 0 Å². The molecule has 1 aliphatic heterocycles. The average Bonchev–Trinajstić information content (AvgIpc) is 3.18. The van der Waals surface area contributed by atoms with E-state index in [4.69, 9.17) is 0 Å². The van der Waals surface area contributed by atoms with Crippen molar-refractivity contribution in [1.82, 2.24) is 10.6 Å². The van der Waals surface area contributed by atoms with E-state index in [1.807, 2.05) is 0 Å². The Labute approximate surface area is 123 Å². The van der Waals surface area contributed by atoms with Crippen molar-refractivity contribution in [2.75, 3.05) is 19.7 Å². The molecule has 116 valence electrons. The van der Waals surface area contributed by atoms with Crippen LogP contribution in [-0.4, -0.2) is 36.9 Å². The second-order valence-corrected chi connectivity index (χ2v) is 7.50. The molecule has 0 spiro atoms. The zero-order valence-corrected chi connectivity index (χ0v) is 12.9. The smallest absolute Gasteiger partial charge is 0.0499 e. The van der Waals surface area contributed by atoms with E-state index in [0.717, 1.165) is 18.5 Å². The van der Waals surface area contributed by atoms with Gasteiger partial charge < -0.3 is 15.7 Å². The summed E-state index contributed by atoms with van der Waals surface area (Å²) in [6, 6.07) is 1.44. The lowest BCUT2D eigenvalue weighted by Crippen LogP contribution is -2.50. The summed E-state index contributed by atoms with van der Waals surface area (Å²) in [5, 5.41) is 17.4. The van der Waals surface area contributed by atoms with E-state index in [1.165, 1.54) is 70.8 Å². The molecule has 0 bridgehead atoms. The number of aliphatic hydroxyl groups is 1. The molecule has 0 radical (unpaired) electrons. The van der Waals surface area contributed by atoms with E-state index in [-0.39, 0.29) is 5.41 Å². The van der Waals surface area contributed by atoms with Crippen molar-refractivity contribution in [2.24, 2.45) is 11.3 Å². The van der Waals surface area contributed by atoms with Crippen LogP contribution in [-0.2, 0) is 0 Å². The number of hydrogen-bond acceptors (Lipinski definition) is 3. The molecule has 3 rings (SSSR count). The first-order chi connectivity index (χ1) is 9.83. The van der Waals surface area contributed by atoms with E-state index in [0.29, 0.717) is 12.6 Å². The van der Waals surface area contributed by atoms with Crippen molar-refractivity contribution in [3.8, 4) is 0 Å². The van der Waals surface area contributed by atoms with Crippen LogP contribution in [0.5, 0.6) is 0 Å². The van der Waals surface area contributed by atoms with Gasteiger partial charge in [-0.15, -0.1) is 0 Å². The van der Waals surface area contributed by atoms with Crippen LogP contribution in [0.2, 0.25) is 0 Å². The van der Waals surface area contributed by atoms with Crippen LogP contribution in [0, 0.1) is 11.3 Å². The van der Waals surface area contributed by atoms with Gasteiger partial charge in [0.25, 0.3) is 0 Å². The highest BCUT2D eigenvalue weighted by atomic mass is 16.3. The largest absolute Gasteiger partial charge is 0.396 e. The molecule has 0 amide bonds. The zero-order valence-electron chi connectivity index (χ0n) is 12.9.